The predicted octanol–water partition coefficient (Wildman–Crippen LogP) is 4.18. The lowest BCUT2D eigenvalue weighted by Crippen LogP contribution is -1.84. The molecular weight excluding hydrogens is 232 g/mol. The van der Waals surface area contributed by atoms with Crippen molar-refractivity contribution in [3.63, 3.8) is 0 Å². The molecule has 0 fully saturated rings. The van der Waals surface area contributed by atoms with Crippen LogP contribution < -0.4 is 0 Å². The van der Waals surface area contributed by atoms with Crippen LogP contribution >= 0.6 is 0 Å². The van der Waals surface area contributed by atoms with Crippen molar-refractivity contribution in [3.05, 3.63) is 67.0 Å². The number of hydrogen-bond donors (Lipinski definition) is 1. The first-order valence-electron chi connectivity index (χ1n) is 6.26. The Bertz CT molecular complexity index is 869. The van der Waals surface area contributed by atoms with Gasteiger partial charge < -0.3 is 4.98 Å². The molecule has 2 heterocycles. The van der Waals surface area contributed by atoms with Crippen molar-refractivity contribution in [2.24, 2.45) is 0 Å². The largest absolute Gasteiger partial charge is 0.353 e. The first-order valence-corrected chi connectivity index (χ1v) is 6.26. The SMILES string of the molecule is [c]1[nH]c2ccccc2c1-c1nccc2ccccc12. The van der Waals surface area contributed by atoms with E-state index >= 15 is 0 Å². The van der Waals surface area contributed by atoms with E-state index in [0.717, 1.165) is 27.5 Å². The Hall–Kier alpha value is -2.61. The van der Waals surface area contributed by atoms with Gasteiger partial charge >= 0.3 is 0 Å². The summed E-state index contributed by atoms with van der Waals surface area (Å²) in [4.78, 5) is 7.73. The fraction of sp³-hybridized carbons (Fsp3) is 0. The van der Waals surface area contributed by atoms with E-state index in [4.69, 9.17) is 0 Å². The van der Waals surface area contributed by atoms with E-state index in [9.17, 15) is 0 Å². The maximum Gasteiger partial charge on any atom is 0.0808 e. The summed E-state index contributed by atoms with van der Waals surface area (Å²) in [6, 6.07) is 18.6. The molecule has 0 aliphatic rings. The highest BCUT2D eigenvalue weighted by molar-refractivity contribution is 6.03. The Morgan fingerprint density at radius 2 is 1.63 bits per heavy atom. The molecule has 1 N–H and O–H groups in total. The van der Waals surface area contributed by atoms with Crippen LogP contribution in [0.15, 0.2) is 60.8 Å². The molecule has 19 heavy (non-hydrogen) atoms. The highest BCUT2D eigenvalue weighted by Gasteiger charge is 2.10. The van der Waals surface area contributed by atoms with Gasteiger partial charge in [-0.05, 0) is 17.5 Å². The summed E-state index contributed by atoms with van der Waals surface area (Å²) in [5, 5.41) is 3.52. The number of para-hydroxylation sites is 1. The van der Waals surface area contributed by atoms with Crippen LogP contribution in [0.5, 0.6) is 0 Å². The van der Waals surface area contributed by atoms with Crippen LogP contribution in [0.25, 0.3) is 32.9 Å². The minimum atomic E-state index is 0.982. The Balaban J connectivity index is 2.10. The van der Waals surface area contributed by atoms with Crippen molar-refractivity contribution < 1.29 is 0 Å². The maximum atomic E-state index is 4.55. The average molecular weight is 243 g/mol. The second-order valence-corrected chi connectivity index (χ2v) is 4.55. The lowest BCUT2D eigenvalue weighted by Gasteiger charge is -2.04. The molecule has 2 aromatic heterocycles. The molecule has 2 nitrogen and oxygen atoms in total. The number of hydrogen-bond acceptors (Lipinski definition) is 1. The van der Waals surface area contributed by atoms with E-state index in [2.05, 4.69) is 40.4 Å². The summed E-state index contributed by atoms with van der Waals surface area (Å²) >= 11 is 0. The third-order valence-electron chi connectivity index (χ3n) is 3.43. The van der Waals surface area contributed by atoms with Gasteiger partial charge in [0.05, 0.1) is 11.9 Å². The molecule has 0 saturated carbocycles. The third-order valence-corrected chi connectivity index (χ3v) is 3.43. The Labute approximate surface area is 110 Å². The summed E-state index contributed by atoms with van der Waals surface area (Å²) in [6.07, 6.45) is 5.09. The van der Waals surface area contributed by atoms with Gasteiger partial charge in [-0.2, -0.15) is 0 Å². The van der Waals surface area contributed by atoms with Gasteiger partial charge in [0.15, 0.2) is 0 Å². The van der Waals surface area contributed by atoms with Gasteiger partial charge in [0, 0.05) is 28.0 Å². The summed E-state index contributed by atoms with van der Waals surface area (Å²) < 4.78 is 0. The molecule has 1 radical (unpaired) electrons. The third kappa shape index (κ3) is 1.54. The van der Waals surface area contributed by atoms with E-state index in [1.165, 1.54) is 5.39 Å². The molecule has 0 bridgehead atoms. The number of aromatic nitrogens is 2. The molecule has 2 aromatic carbocycles. The van der Waals surface area contributed by atoms with E-state index in [1.54, 1.807) is 0 Å². The fourth-order valence-electron chi connectivity index (χ4n) is 2.51. The van der Waals surface area contributed by atoms with Crippen molar-refractivity contribution in [3.8, 4) is 11.3 Å². The minimum Gasteiger partial charge on any atom is -0.353 e. The minimum absolute atomic E-state index is 0.982. The molecular formula is C17H11N2. The smallest absolute Gasteiger partial charge is 0.0808 e. The van der Waals surface area contributed by atoms with Gasteiger partial charge in [-0.25, -0.2) is 0 Å². The quantitative estimate of drug-likeness (QED) is 0.533. The number of H-pyrrole nitrogens is 1. The molecule has 0 aliphatic heterocycles. The summed E-state index contributed by atoms with van der Waals surface area (Å²) in [6.45, 7) is 0. The first-order chi connectivity index (χ1) is 9.43. The maximum absolute atomic E-state index is 4.55. The average Bonchev–Trinajstić information content (AvgIpc) is 2.90. The van der Waals surface area contributed by atoms with Crippen LogP contribution in [0, 0.1) is 6.20 Å². The van der Waals surface area contributed by atoms with Gasteiger partial charge in [-0.1, -0.05) is 42.5 Å². The van der Waals surface area contributed by atoms with Gasteiger partial charge in [0.2, 0.25) is 0 Å². The topological polar surface area (TPSA) is 28.7 Å². The highest BCUT2D eigenvalue weighted by atomic mass is 14.7. The number of fused-ring (bicyclic) bond motifs is 2. The van der Waals surface area contributed by atoms with Crippen LogP contribution in [0.3, 0.4) is 0 Å². The summed E-state index contributed by atoms with van der Waals surface area (Å²) in [5.74, 6) is 0. The zero-order chi connectivity index (χ0) is 12.7. The van der Waals surface area contributed by atoms with E-state index < -0.39 is 0 Å². The van der Waals surface area contributed by atoms with Crippen molar-refractivity contribution in [1.29, 1.82) is 0 Å². The molecule has 0 unspecified atom stereocenters. The normalized spacial score (nSPS) is 11.2. The van der Waals surface area contributed by atoms with Gasteiger partial charge in [0.25, 0.3) is 0 Å². The van der Waals surface area contributed by atoms with Crippen LogP contribution in [0.1, 0.15) is 0 Å². The standard InChI is InChI=1S/C17H11N2/c1-2-6-13-12(5-1)9-10-18-17(13)15-11-19-16-8-4-3-7-14(15)16/h1-10,19H. The van der Waals surface area contributed by atoms with Gasteiger partial charge in [0.1, 0.15) is 0 Å². The molecule has 4 rings (SSSR count). The van der Waals surface area contributed by atoms with Crippen molar-refractivity contribution >= 4 is 21.7 Å². The molecule has 0 saturated heterocycles. The van der Waals surface area contributed by atoms with Crippen LogP contribution in [0.4, 0.5) is 0 Å². The molecule has 0 atom stereocenters. The Kier molecular flexibility index (Phi) is 2.15. The lowest BCUT2D eigenvalue weighted by molar-refractivity contribution is 1.35. The molecule has 0 amide bonds. The van der Waals surface area contributed by atoms with Crippen LogP contribution in [-0.2, 0) is 0 Å². The number of rotatable bonds is 1. The summed E-state index contributed by atoms with van der Waals surface area (Å²) in [5.41, 5.74) is 3.11. The zero-order valence-electron chi connectivity index (χ0n) is 10.2. The molecule has 89 valence electrons. The van der Waals surface area contributed by atoms with E-state index in [-0.39, 0.29) is 0 Å². The first kappa shape index (κ1) is 10.3. The second-order valence-electron chi connectivity index (χ2n) is 4.55. The number of pyridine rings is 1. The monoisotopic (exact) mass is 243 g/mol. The van der Waals surface area contributed by atoms with Gasteiger partial charge in [-0.15, -0.1) is 0 Å². The molecule has 4 aromatic rings. The number of benzene rings is 2. The summed E-state index contributed by atoms with van der Waals surface area (Å²) in [7, 11) is 0. The molecule has 2 heteroatoms. The van der Waals surface area contributed by atoms with E-state index in [0.29, 0.717) is 0 Å². The highest BCUT2D eigenvalue weighted by Crippen LogP contribution is 2.31. The second kappa shape index (κ2) is 3.95. The van der Waals surface area contributed by atoms with Gasteiger partial charge in [-0.3, -0.25) is 4.98 Å². The predicted molar refractivity (Wildman–Crippen MR) is 77.9 cm³/mol. The Morgan fingerprint density at radius 1 is 0.842 bits per heavy atom. The van der Waals surface area contributed by atoms with Crippen molar-refractivity contribution in [2.75, 3.05) is 0 Å². The number of nitrogens with zero attached hydrogens (tertiary/aromatic N) is 1. The zero-order valence-corrected chi connectivity index (χ0v) is 10.2. The van der Waals surface area contributed by atoms with E-state index in [1.807, 2.05) is 36.5 Å². The van der Waals surface area contributed by atoms with Crippen molar-refractivity contribution in [1.82, 2.24) is 9.97 Å². The molecule has 0 spiro atoms. The van der Waals surface area contributed by atoms with Crippen LogP contribution in [-0.4, -0.2) is 9.97 Å². The lowest BCUT2D eigenvalue weighted by atomic mass is 10.0. The van der Waals surface area contributed by atoms with Crippen molar-refractivity contribution in [2.45, 2.75) is 0 Å². The number of aromatic amines is 1. The fourth-order valence-corrected chi connectivity index (χ4v) is 2.51. The molecule has 0 aliphatic carbocycles. The number of nitrogens with one attached hydrogen (secondary N) is 1. The van der Waals surface area contributed by atoms with Crippen LogP contribution in [0.2, 0.25) is 0 Å². The Morgan fingerprint density at radius 3 is 2.58 bits per heavy atom.